The highest BCUT2D eigenvalue weighted by Gasteiger charge is 2.35. The summed E-state index contributed by atoms with van der Waals surface area (Å²) in [5.41, 5.74) is 3.70. The lowest BCUT2D eigenvalue weighted by Gasteiger charge is -2.20. The van der Waals surface area contributed by atoms with E-state index in [9.17, 15) is 9.59 Å². The summed E-state index contributed by atoms with van der Waals surface area (Å²) >= 11 is 0. The minimum Gasteiger partial charge on any atom is -0.496 e. The molecule has 0 aliphatic heterocycles. The first kappa shape index (κ1) is 22.1. The fourth-order valence-electron chi connectivity index (χ4n) is 4.72. The largest absolute Gasteiger partial charge is 0.496 e. The van der Waals surface area contributed by atoms with E-state index in [4.69, 9.17) is 13.9 Å². The van der Waals surface area contributed by atoms with E-state index in [-0.39, 0.29) is 11.7 Å². The molecule has 4 rings (SSSR count). The van der Waals surface area contributed by atoms with E-state index in [0.717, 1.165) is 24.0 Å². The summed E-state index contributed by atoms with van der Waals surface area (Å²) in [6.07, 6.45) is 12.2. The molecule has 5 heteroatoms. The number of ether oxygens (including phenoxy) is 2. The number of Topliss-reactive ketones (excluding diaryl/α,β-unsaturated/α-hetero) is 1. The van der Waals surface area contributed by atoms with Gasteiger partial charge in [0.15, 0.2) is 5.78 Å². The van der Waals surface area contributed by atoms with Crippen molar-refractivity contribution >= 4 is 28.8 Å². The van der Waals surface area contributed by atoms with Gasteiger partial charge in [0, 0.05) is 22.1 Å². The van der Waals surface area contributed by atoms with Crippen molar-refractivity contribution in [3.05, 3.63) is 58.4 Å². The third-order valence-electron chi connectivity index (χ3n) is 6.55. The Balaban J connectivity index is 2.03. The zero-order valence-corrected chi connectivity index (χ0v) is 19.4. The number of hydrogen-bond acceptors (Lipinski definition) is 5. The van der Waals surface area contributed by atoms with Crippen LogP contribution in [0.4, 0.5) is 0 Å². The van der Waals surface area contributed by atoms with Crippen molar-refractivity contribution in [2.45, 2.75) is 51.9 Å². The number of allylic oxidation sites excluding steroid dienone is 5. The van der Waals surface area contributed by atoms with Gasteiger partial charge in [0.25, 0.3) is 0 Å². The van der Waals surface area contributed by atoms with E-state index in [1.807, 2.05) is 37.3 Å². The maximum atomic E-state index is 13.8. The Morgan fingerprint density at radius 2 is 1.97 bits per heavy atom. The first-order chi connectivity index (χ1) is 15.4. The molecule has 5 nitrogen and oxygen atoms in total. The first-order valence-electron chi connectivity index (χ1n) is 11.3. The summed E-state index contributed by atoms with van der Waals surface area (Å²) in [6, 6.07) is 1.87. The fourth-order valence-corrected chi connectivity index (χ4v) is 4.72. The molecule has 1 aromatic carbocycles. The van der Waals surface area contributed by atoms with Crippen LogP contribution in [0, 0.1) is 5.92 Å². The quantitative estimate of drug-likeness (QED) is 0.392. The molecule has 2 aromatic rings. The molecule has 0 spiro atoms. The molecule has 2 aliphatic carbocycles. The van der Waals surface area contributed by atoms with E-state index in [1.165, 1.54) is 7.11 Å². The highest BCUT2D eigenvalue weighted by atomic mass is 16.5. The fraction of sp³-hybridized carbons (Fsp3) is 0.407. The van der Waals surface area contributed by atoms with Crippen molar-refractivity contribution in [1.29, 1.82) is 0 Å². The van der Waals surface area contributed by atoms with Gasteiger partial charge >= 0.3 is 5.97 Å². The lowest BCUT2D eigenvalue weighted by atomic mass is 9.85. The molecular formula is C27H30O5. The predicted molar refractivity (Wildman–Crippen MR) is 125 cm³/mol. The maximum absolute atomic E-state index is 13.8. The van der Waals surface area contributed by atoms with Gasteiger partial charge in [-0.05, 0) is 37.2 Å². The summed E-state index contributed by atoms with van der Waals surface area (Å²) < 4.78 is 17.2. The van der Waals surface area contributed by atoms with Gasteiger partial charge in [0.05, 0.1) is 19.8 Å². The highest BCUT2D eigenvalue weighted by Crippen LogP contribution is 2.45. The Kier molecular flexibility index (Phi) is 6.09. The molecule has 1 heterocycles. The van der Waals surface area contributed by atoms with Gasteiger partial charge in [-0.3, -0.25) is 9.59 Å². The standard InChI is InChI=1S/C27H30O5/c1-6-18(27(29)31-5)25-23(24(28)17-12-10-15(2)11-13-17)20-14-21(30-4)19-9-7-8-16(3)22(19)26(20)32-25/h7,9-10,12-16,18H,6,8,11H2,1-5H3. The van der Waals surface area contributed by atoms with Gasteiger partial charge in [-0.25, -0.2) is 0 Å². The van der Waals surface area contributed by atoms with E-state index in [1.54, 1.807) is 7.11 Å². The van der Waals surface area contributed by atoms with Crippen LogP contribution >= 0.6 is 0 Å². The van der Waals surface area contributed by atoms with E-state index in [2.05, 4.69) is 19.9 Å². The zero-order valence-electron chi connectivity index (χ0n) is 19.4. The summed E-state index contributed by atoms with van der Waals surface area (Å²) in [5.74, 6) is 0.470. The summed E-state index contributed by atoms with van der Waals surface area (Å²) in [4.78, 5) is 26.4. The Bertz CT molecular complexity index is 1160. The number of rotatable bonds is 6. The van der Waals surface area contributed by atoms with Gasteiger partial charge in [0.2, 0.25) is 0 Å². The number of furan rings is 1. The van der Waals surface area contributed by atoms with Crippen molar-refractivity contribution in [3.63, 3.8) is 0 Å². The zero-order chi connectivity index (χ0) is 23.0. The van der Waals surface area contributed by atoms with Crippen LogP contribution in [0.1, 0.15) is 79.1 Å². The lowest BCUT2D eigenvalue weighted by molar-refractivity contribution is -0.142. The molecule has 0 bridgehead atoms. The molecular weight excluding hydrogens is 404 g/mol. The Labute approximate surface area is 188 Å². The molecule has 2 aliphatic rings. The van der Waals surface area contributed by atoms with Crippen molar-refractivity contribution in [2.75, 3.05) is 14.2 Å². The number of hydrogen-bond donors (Lipinski definition) is 0. The molecule has 168 valence electrons. The second-order valence-electron chi connectivity index (χ2n) is 8.71. The lowest BCUT2D eigenvalue weighted by Crippen LogP contribution is -2.16. The molecule has 0 saturated carbocycles. The minimum atomic E-state index is -0.658. The number of esters is 1. The predicted octanol–water partition coefficient (Wildman–Crippen LogP) is 6.33. The van der Waals surface area contributed by atoms with Crippen LogP contribution in [0.5, 0.6) is 5.75 Å². The van der Waals surface area contributed by atoms with Gasteiger partial charge in [-0.1, -0.05) is 51.2 Å². The Morgan fingerprint density at radius 3 is 2.59 bits per heavy atom. The number of carbonyl (C=O) groups excluding carboxylic acids is 2. The molecule has 32 heavy (non-hydrogen) atoms. The molecule has 3 unspecified atom stereocenters. The average Bonchev–Trinajstić information content (AvgIpc) is 3.17. The van der Waals surface area contributed by atoms with Crippen LogP contribution in [0.2, 0.25) is 0 Å². The van der Waals surface area contributed by atoms with Crippen LogP contribution in [-0.4, -0.2) is 26.0 Å². The van der Waals surface area contributed by atoms with E-state index in [0.29, 0.717) is 46.0 Å². The van der Waals surface area contributed by atoms with Gasteiger partial charge in [-0.2, -0.15) is 0 Å². The van der Waals surface area contributed by atoms with Crippen LogP contribution in [-0.2, 0) is 9.53 Å². The van der Waals surface area contributed by atoms with E-state index >= 15 is 0 Å². The van der Waals surface area contributed by atoms with Gasteiger partial charge in [0.1, 0.15) is 23.0 Å². The second-order valence-corrected chi connectivity index (χ2v) is 8.71. The number of fused-ring (bicyclic) bond motifs is 3. The molecule has 0 fully saturated rings. The van der Waals surface area contributed by atoms with Crippen LogP contribution < -0.4 is 4.74 Å². The third-order valence-corrected chi connectivity index (χ3v) is 6.55. The van der Waals surface area contributed by atoms with Crippen LogP contribution in [0.15, 0.2) is 40.4 Å². The number of carbonyl (C=O) groups is 2. The monoisotopic (exact) mass is 434 g/mol. The third kappa shape index (κ3) is 3.60. The molecule has 0 amide bonds. The molecule has 0 radical (unpaired) electrons. The van der Waals surface area contributed by atoms with Crippen molar-refractivity contribution in [2.24, 2.45) is 5.92 Å². The van der Waals surface area contributed by atoms with Gasteiger partial charge in [-0.15, -0.1) is 0 Å². The second kappa shape index (κ2) is 8.81. The molecule has 0 N–H and O–H groups in total. The summed E-state index contributed by atoms with van der Waals surface area (Å²) in [7, 11) is 2.99. The average molecular weight is 435 g/mol. The molecule has 1 aromatic heterocycles. The maximum Gasteiger partial charge on any atom is 0.316 e. The number of ketones is 1. The minimum absolute atomic E-state index is 0.134. The van der Waals surface area contributed by atoms with Gasteiger partial charge < -0.3 is 13.9 Å². The summed E-state index contributed by atoms with van der Waals surface area (Å²) in [6.45, 7) is 6.14. The molecule has 3 atom stereocenters. The number of methoxy groups -OCH3 is 2. The number of benzene rings is 1. The van der Waals surface area contributed by atoms with Crippen molar-refractivity contribution in [3.8, 4) is 5.75 Å². The SMILES string of the molecule is CCC(C(=O)OC)c1oc2c3c(c(OC)cc2c1C(=O)C1=CCC(C)C=C1)C=CCC3C. The summed E-state index contributed by atoms with van der Waals surface area (Å²) in [5, 5.41) is 0.693. The van der Waals surface area contributed by atoms with E-state index < -0.39 is 11.9 Å². The molecule has 0 saturated heterocycles. The Hall–Kier alpha value is -3.08. The first-order valence-corrected chi connectivity index (χ1v) is 11.3. The highest BCUT2D eigenvalue weighted by molar-refractivity contribution is 6.19. The normalized spacial score (nSPS) is 20.6. The van der Waals surface area contributed by atoms with Crippen LogP contribution in [0.25, 0.3) is 17.0 Å². The Morgan fingerprint density at radius 1 is 1.19 bits per heavy atom. The van der Waals surface area contributed by atoms with Crippen molar-refractivity contribution in [1.82, 2.24) is 0 Å². The topological polar surface area (TPSA) is 65.7 Å². The van der Waals surface area contributed by atoms with Crippen LogP contribution in [0.3, 0.4) is 0 Å². The smallest absolute Gasteiger partial charge is 0.316 e. The van der Waals surface area contributed by atoms with Crippen molar-refractivity contribution < 1.29 is 23.5 Å².